The number of nitrogens with one attached hydrogen (secondary N) is 2. The monoisotopic (exact) mass is 573 g/mol. The Bertz CT molecular complexity index is 1170. The van der Waals surface area contributed by atoms with E-state index in [2.05, 4.69) is 10.6 Å². The molecule has 0 saturated carbocycles. The van der Waals surface area contributed by atoms with Gasteiger partial charge in [-0.15, -0.1) is 0 Å². The van der Waals surface area contributed by atoms with Crippen LogP contribution in [0.2, 0.25) is 0 Å². The third-order valence-electron chi connectivity index (χ3n) is 7.15. The van der Waals surface area contributed by atoms with Crippen LogP contribution in [0.5, 0.6) is 0 Å². The number of fused-ring (bicyclic) bond motifs is 2. The van der Waals surface area contributed by atoms with Crippen LogP contribution in [0.3, 0.4) is 0 Å². The van der Waals surface area contributed by atoms with Crippen LogP contribution in [-0.2, 0) is 28.6 Å². The minimum atomic E-state index is -0.996. The maximum absolute atomic E-state index is 13.5. The average molecular weight is 574 g/mol. The number of allylic oxidation sites excluding steroid dienone is 4. The van der Waals surface area contributed by atoms with Crippen molar-refractivity contribution in [1.29, 1.82) is 0 Å². The summed E-state index contributed by atoms with van der Waals surface area (Å²) in [5.74, 6) is -2.03. The highest BCUT2D eigenvalue weighted by atomic mass is 16.6. The van der Waals surface area contributed by atoms with Gasteiger partial charge in [-0.3, -0.25) is 14.4 Å². The van der Waals surface area contributed by atoms with E-state index in [1.165, 1.54) is 20.3 Å². The number of likely N-dealkylation sites (N-methyl/N-ethyl adjacent to an activating group) is 1. The topological polar surface area (TPSA) is 166 Å². The molecule has 2 amide bonds. The summed E-state index contributed by atoms with van der Waals surface area (Å²) in [6.45, 7) is 9.25. The molecule has 2 bridgehead atoms. The smallest absolute Gasteiger partial charge is 0.405 e. The van der Waals surface area contributed by atoms with E-state index in [4.69, 9.17) is 19.9 Å². The van der Waals surface area contributed by atoms with E-state index in [1.54, 1.807) is 32.1 Å². The van der Waals surface area contributed by atoms with E-state index in [0.717, 1.165) is 6.08 Å². The molecule has 0 fully saturated rings. The number of ether oxygens (including phenoxy) is 3. The number of aliphatic hydroxyl groups is 1. The number of aliphatic hydroxyl groups excluding tert-OH is 1. The quantitative estimate of drug-likeness (QED) is 0.285. The SMILES string of the molecule is CCNC1=C2C[C@@H](C)C[C@H](OC)[C@H](O)[C@@H](C)/C=C(/C)[C@H](OC(N)=O)[C@@H](OC)/C=C\C=C(\C)C(=O)NC(=CC1=O)C2=O. The van der Waals surface area contributed by atoms with Crippen LogP contribution in [0.15, 0.2) is 58.5 Å². The summed E-state index contributed by atoms with van der Waals surface area (Å²) in [7, 11) is 2.93. The zero-order valence-corrected chi connectivity index (χ0v) is 24.9. The lowest BCUT2D eigenvalue weighted by molar-refractivity contribution is -0.120. The molecule has 41 heavy (non-hydrogen) atoms. The van der Waals surface area contributed by atoms with Gasteiger partial charge in [-0.25, -0.2) is 4.79 Å². The Morgan fingerprint density at radius 2 is 1.85 bits per heavy atom. The number of amides is 2. The number of carbonyl (C=O) groups is 4. The van der Waals surface area contributed by atoms with Crippen LogP contribution in [0, 0.1) is 11.8 Å². The molecule has 0 aromatic carbocycles. The first-order valence-corrected chi connectivity index (χ1v) is 13.7. The molecule has 11 heteroatoms. The van der Waals surface area contributed by atoms with Gasteiger partial charge in [0.15, 0.2) is 6.10 Å². The average Bonchev–Trinajstić information content (AvgIpc) is 2.92. The van der Waals surface area contributed by atoms with Crippen molar-refractivity contribution in [3.63, 3.8) is 0 Å². The molecule has 2 aliphatic rings. The number of Topliss-reactive ketones (excluding diaryl/α,β-unsaturated/α-hetero) is 1. The van der Waals surface area contributed by atoms with Crippen molar-refractivity contribution in [3.8, 4) is 0 Å². The minimum absolute atomic E-state index is 0.111. The second-order valence-electron chi connectivity index (χ2n) is 10.5. The van der Waals surface area contributed by atoms with Crippen LogP contribution in [-0.4, -0.2) is 73.9 Å². The second kappa shape index (κ2) is 15.5. The molecule has 0 aromatic heterocycles. The normalized spacial score (nSPS) is 32.2. The van der Waals surface area contributed by atoms with Crippen LogP contribution >= 0.6 is 0 Å². The summed E-state index contributed by atoms with van der Waals surface area (Å²) in [5.41, 5.74) is 6.55. The Kier molecular flexibility index (Phi) is 12.7. The molecule has 1 heterocycles. The van der Waals surface area contributed by atoms with Gasteiger partial charge in [0.1, 0.15) is 6.10 Å². The highest BCUT2D eigenvalue weighted by Gasteiger charge is 2.33. The van der Waals surface area contributed by atoms with Crippen molar-refractivity contribution in [2.24, 2.45) is 17.6 Å². The lowest BCUT2D eigenvalue weighted by Crippen LogP contribution is -2.37. The molecule has 2 rings (SSSR count). The van der Waals surface area contributed by atoms with Crippen molar-refractivity contribution in [2.45, 2.75) is 71.9 Å². The highest BCUT2D eigenvalue weighted by molar-refractivity contribution is 6.23. The number of ketones is 2. The standard InChI is InChI=1S/C30H43N3O8/c1-8-32-25-20-12-16(2)13-24(40-7)26(35)18(4)14-19(5)28(41-30(31)38)23(39-6)11-9-10-17(3)29(37)33-21(27(20)36)15-22(25)34/h9-11,14-16,18,23-24,26,28,32,35H,8,12-13H2,1-7H3,(H2,31,38)(H,33,37)/b11-9-,17-10-,19-14-/t16-,18+,23+,24+,26-,28+/m1/s1. The zero-order chi connectivity index (χ0) is 30.9. The van der Waals surface area contributed by atoms with Crippen LogP contribution in [0.25, 0.3) is 0 Å². The second-order valence-corrected chi connectivity index (χ2v) is 10.5. The van der Waals surface area contributed by atoms with E-state index in [-0.39, 0.29) is 34.9 Å². The van der Waals surface area contributed by atoms with Crippen LogP contribution in [0.1, 0.15) is 47.5 Å². The first-order valence-electron chi connectivity index (χ1n) is 13.7. The number of hydrogen-bond donors (Lipinski definition) is 4. The fourth-order valence-electron chi connectivity index (χ4n) is 4.96. The first kappa shape index (κ1) is 33.7. The third kappa shape index (κ3) is 8.97. The van der Waals surface area contributed by atoms with Crippen molar-refractivity contribution in [1.82, 2.24) is 10.6 Å². The number of rotatable bonds is 5. The molecule has 6 atom stereocenters. The van der Waals surface area contributed by atoms with Gasteiger partial charge in [0.05, 0.1) is 23.6 Å². The van der Waals surface area contributed by atoms with Gasteiger partial charge in [0.25, 0.3) is 5.91 Å². The van der Waals surface area contributed by atoms with Gasteiger partial charge >= 0.3 is 6.09 Å². The number of primary amides is 1. The summed E-state index contributed by atoms with van der Waals surface area (Å²) < 4.78 is 16.5. The van der Waals surface area contributed by atoms with Crippen molar-refractivity contribution < 1.29 is 38.5 Å². The Morgan fingerprint density at radius 3 is 2.44 bits per heavy atom. The minimum Gasteiger partial charge on any atom is -0.439 e. The molecule has 0 unspecified atom stereocenters. The Morgan fingerprint density at radius 1 is 1.17 bits per heavy atom. The summed E-state index contributed by atoms with van der Waals surface area (Å²) in [6.07, 6.45) is 3.91. The number of methoxy groups -OCH3 is 2. The van der Waals surface area contributed by atoms with E-state index in [0.29, 0.717) is 18.5 Å². The molecule has 226 valence electrons. The predicted molar refractivity (Wildman–Crippen MR) is 153 cm³/mol. The third-order valence-corrected chi connectivity index (χ3v) is 7.15. The Labute approximate surface area is 241 Å². The largest absolute Gasteiger partial charge is 0.439 e. The number of hydrogen-bond acceptors (Lipinski definition) is 9. The maximum atomic E-state index is 13.5. The fourth-order valence-corrected chi connectivity index (χ4v) is 4.96. The summed E-state index contributed by atoms with van der Waals surface area (Å²) in [5, 5.41) is 16.8. The Hall–Kier alpha value is -3.54. The van der Waals surface area contributed by atoms with Crippen molar-refractivity contribution in [3.05, 3.63) is 58.5 Å². The van der Waals surface area contributed by atoms with Gasteiger partial charge < -0.3 is 35.7 Å². The molecule has 5 N–H and O–H groups in total. The molecule has 0 saturated heterocycles. The van der Waals surface area contributed by atoms with E-state index in [1.807, 2.05) is 20.8 Å². The van der Waals surface area contributed by atoms with E-state index < -0.39 is 53.9 Å². The predicted octanol–water partition coefficient (Wildman–Crippen LogP) is 2.37. The lowest BCUT2D eigenvalue weighted by atomic mass is 9.85. The first-order chi connectivity index (χ1) is 19.3. The molecular weight excluding hydrogens is 530 g/mol. The van der Waals surface area contributed by atoms with E-state index in [9.17, 15) is 24.3 Å². The van der Waals surface area contributed by atoms with E-state index >= 15 is 0 Å². The molecular formula is C30H43N3O8. The highest BCUT2D eigenvalue weighted by Crippen LogP contribution is 2.28. The molecule has 0 aromatic rings. The van der Waals surface area contributed by atoms with Gasteiger partial charge in [0, 0.05) is 43.9 Å². The van der Waals surface area contributed by atoms with Gasteiger partial charge in [-0.05, 0) is 45.1 Å². The molecule has 1 aliphatic heterocycles. The fraction of sp³-hybridized carbons (Fsp3) is 0.533. The summed E-state index contributed by atoms with van der Waals surface area (Å²) >= 11 is 0. The summed E-state index contributed by atoms with van der Waals surface area (Å²) in [6, 6.07) is 0. The van der Waals surface area contributed by atoms with Gasteiger partial charge in [-0.2, -0.15) is 0 Å². The maximum Gasteiger partial charge on any atom is 0.405 e. The van der Waals surface area contributed by atoms with Crippen LogP contribution in [0.4, 0.5) is 4.79 Å². The molecule has 0 radical (unpaired) electrons. The number of carbonyl (C=O) groups excluding carboxylic acids is 4. The van der Waals surface area contributed by atoms with Crippen molar-refractivity contribution >= 4 is 23.6 Å². The molecule has 1 aliphatic carbocycles. The van der Waals surface area contributed by atoms with Crippen molar-refractivity contribution in [2.75, 3.05) is 20.8 Å². The molecule has 0 spiro atoms. The lowest BCUT2D eigenvalue weighted by Gasteiger charge is -2.30. The zero-order valence-electron chi connectivity index (χ0n) is 24.9. The van der Waals surface area contributed by atoms with Gasteiger partial charge in [-0.1, -0.05) is 38.2 Å². The summed E-state index contributed by atoms with van der Waals surface area (Å²) in [4.78, 5) is 51.1. The molecule has 11 nitrogen and oxygen atoms in total. The van der Waals surface area contributed by atoms with Gasteiger partial charge in [0.2, 0.25) is 11.6 Å². The van der Waals surface area contributed by atoms with Crippen LogP contribution < -0.4 is 16.4 Å². The Balaban J connectivity index is 2.61. The number of nitrogens with two attached hydrogens (primary N) is 1.